The standard InChI is InChI=1S/C16H17N3O2S/c1-11-3-5-12(6-4-11)10-18(2)14(20)13-9-17-16-19(15(13)21)7-8-22-16/h3-6,9H,7-8,10H2,1-2H3. The Hall–Kier alpha value is -2.08. The van der Waals surface area contributed by atoms with Crippen LogP contribution in [0.3, 0.4) is 0 Å². The molecule has 0 saturated heterocycles. The zero-order chi connectivity index (χ0) is 15.7. The number of carbonyl (C=O) groups excluding carboxylic acids is 1. The van der Waals surface area contributed by atoms with Crippen molar-refractivity contribution in [2.75, 3.05) is 12.8 Å². The van der Waals surface area contributed by atoms with Gasteiger partial charge in [-0.2, -0.15) is 0 Å². The third-order valence-electron chi connectivity index (χ3n) is 3.67. The quantitative estimate of drug-likeness (QED) is 0.812. The topological polar surface area (TPSA) is 55.2 Å². The van der Waals surface area contributed by atoms with E-state index in [4.69, 9.17) is 0 Å². The van der Waals surface area contributed by atoms with Gasteiger partial charge in [0.05, 0.1) is 0 Å². The third kappa shape index (κ3) is 2.78. The van der Waals surface area contributed by atoms with Gasteiger partial charge in [-0.25, -0.2) is 4.98 Å². The highest BCUT2D eigenvalue weighted by Crippen LogP contribution is 2.20. The lowest BCUT2D eigenvalue weighted by molar-refractivity contribution is 0.0781. The fraction of sp³-hybridized carbons (Fsp3) is 0.312. The maximum absolute atomic E-state index is 12.5. The first kappa shape index (κ1) is 14.8. The molecule has 0 atom stereocenters. The smallest absolute Gasteiger partial charge is 0.267 e. The van der Waals surface area contributed by atoms with Crippen molar-refractivity contribution in [3.8, 4) is 0 Å². The summed E-state index contributed by atoms with van der Waals surface area (Å²) in [6, 6.07) is 8.00. The molecule has 0 bridgehead atoms. The molecule has 0 aliphatic carbocycles. The van der Waals surface area contributed by atoms with Gasteiger partial charge in [-0.15, -0.1) is 0 Å². The number of nitrogens with zero attached hydrogens (tertiary/aromatic N) is 3. The van der Waals surface area contributed by atoms with Crippen LogP contribution in [-0.4, -0.2) is 33.2 Å². The zero-order valence-electron chi connectivity index (χ0n) is 12.6. The van der Waals surface area contributed by atoms with E-state index < -0.39 is 0 Å². The van der Waals surface area contributed by atoms with Gasteiger partial charge in [0.25, 0.3) is 11.5 Å². The lowest BCUT2D eigenvalue weighted by Gasteiger charge is -2.17. The lowest BCUT2D eigenvalue weighted by atomic mass is 10.1. The van der Waals surface area contributed by atoms with Crippen LogP contribution in [0.2, 0.25) is 0 Å². The first-order valence-corrected chi connectivity index (χ1v) is 8.08. The molecule has 0 radical (unpaired) electrons. The van der Waals surface area contributed by atoms with Crippen molar-refractivity contribution >= 4 is 17.7 Å². The van der Waals surface area contributed by atoms with Gasteiger partial charge in [0.15, 0.2) is 5.16 Å². The number of thioether (sulfide) groups is 1. The highest BCUT2D eigenvalue weighted by Gasteiger charge is 2.22. The summed E-state index contributed by atoms with van der Waals surface area (Å²) < 4.78 is 1.58. The molecule has 114 valence electrons. The second-order valence-electron chi connectivity index (χ2n) is 5.41. The normalized spacial score (nSPS) is 13.0. The molecule has 1 amide bonds. The van der Waals surface area contributed by atoms with Crippen LogP contribution in [0.4, 0.5) is 0 Å². The predicted molar refractivity (Wildman–Crippen MR) is 86.2 cm³/mol. The second-order valence-corrected chi connectivity index (χ2v) is 6.47. The van der Waals surface area contributed by atoms with Crippen LogP contribution in [-0.2, 0) is 13.1 Å². The number of fused-ring (bicyclic) bond motifs is 1. The van der Waals surface area contributed by atoms with E-state index >= 15 is 0 Å². The maximum atomic E-state index is 12.5. The minimum atomic E-state index is -0.287. The average Bonchev–Trinajstić information content (AvgIpc) is 2.99. The summed E-state index contributed by atoms with van der Waals surface area (Å²) in [5.74, 6) is 0.546. The van der Waals surface area contributed by atoms with Gasteiger partial charge in [-0.1, -0.05) is 41.6 Å². The minimum absolute atomic E-state index is 0.140. The number of amides is 1. The van der Waals surface area contributed by atoms with E-state index in [0.717, 1.165) is 11.3 Å². The molecule has 1 aliphatic rings. The molecule has 0 saturated carbocycles. The average molecular weight is 315 g/mol. The molecule has 0 fully saturated rings. The molecule has 1 aliphatic heterocycles. The van der Waals surface area contributed by atoms with E-state index in [1.807, 2.05) is 31.2 Å². The number of aromatic nitrogens is 2. The highest BCUT2D eigenvalue weighted by molar-refractivity contribution is 7.99. The van der Waals surface area contributed by atoms with Crippen LogP contribution in [0, 0.1) is 6.92 Å². The summed E-state index contributed by atoms with van der Waals surface area (Å²) in [4.78, 5) is 30.6. The van der Waals surface area contributed by atoms with Crippen molar-refractivity contribution in [1.82, 2.24) is 14.5 Å². The van der Waals surface area contributed by atoms with Gasteiger partial charge in [-0.3, -0.25) is 14.2 Å². The minimum Gasteiger partial charge on any atom is -0.337 e. The van der Waals surface area contributed by atoms with Crippen molar-refractivity contribution in [1.29, 1.82) is 0 Å². The van der Waals surface area contributed by atoms with Crippen LogP contribution in [0.1, 0.15) is 21.5 Å². The number of benzene rings is 1. The van der Waals surface area contributed by atoms with Gasteiger partial charge in [-0.05, 0) is 12.5 Å². The Balaban J connectivity index is 1.82. The Labute approximate surface area is 133 Å². The van der Waals surface area contributed by atoms with Gasteiger partial charge in [0.2, 0.25) is 0 Å². The molecule has 1 aromatic heterocycles. The van der Waals surface area contributed by atoms with Crippen molar-refractivity contribution in [3.63, 3.8) is 0 Å². The second kappa shape index (κ2) is 5.96. The van der Waals surface area contributed by atoms with Gasteiger partial charge >= 0.3 is 0 Å². The van der Waals surface area contributed by atoms with E-state index in [9.17, 15) is 9.59 Å². The summed E-state index contributed by atoms with van der Waals surface area (Å²) in [6.07, 6.45) is 1.40. The lowest BCUT2D eigenvalue weighted by Crippen LogP contribution is -2.34. The van der Waals surface area contributed by atoms with Gasteiger partial charge in [0.1, 0.15) is 5.56 Å². The van der Waals surface area contributed by atoms with E-state index in [0.29, 0.717) is 18.2 Å². The van der Waals surface area contributed by atoms with Crippen molar-refractivity contribution < 1.29 is 4.79 Å². The Morgan fingerprint density at radius 3 is 2.82 bits per heavy atom. The molecule has 0 N–H and O–H groups in total. The summed E-state index contributed by atoms with van der Waals surface area (Å²) in [6.45, 7) is 3.11. The Morgan fingerprint density at radius 2 is 2.09 bits per heavy atom. The largest absolute Gasteiger partial charge is 0.337 e. The molecule has 2 aromatic rings. The summed E-state index contributed by atoms with van der Waals surface area (Å²) in [7, 11) is 1.70. The number of hydrogen-bond donors (Lipinski definition) is 0. The molecule has 0 unspecified atom stereocenters. The van der Waals surface area contributed by atoms with Crippen LogP contribution in [0.15, 0.2) is 40.4 Å². The van der Waals surface area contributed by atoms with Crippen molar-refractivity contribution in [3.05, 3.63) is 57.5 Å². The summed E-state index contributed by atoms with van der Waals surface area (Å²) in [5.41, 5.74) is 2.11. The fourth-order valence-corrected chi connectivity index (χ4v) is 3.32. The first-order chi connectivity index (χ1) is 10.6. The number of carbonyl (C=O) groups is 1. The number of rotatable bonds is 3. The molecular formula is C16H17N3O2S. The molecule has 2 heterocycles. The van der Waals surface area contributed by atoms with E-state index in [1.165, 1.54) is 11.8 Å². The summed E-state index contributed by atoms with van der Waals surface area (Å²) >= 11 is 1.54. The van der Waals surface area contributed by atoms with E-state index in [2.05, 4.69) is 4.98 Å². The highest BCUT2D eigenvalue weighted by atomic mass is 32.2. The Kier molecular flexibility index (Phi) is 4.02. The third-order valence-corrected chi connectivity index (χ3v) is 4.64. The van der Waals surface area contributed by atoms with Crippen molar-refractivity contribution in [2.24, 2.45) is 0 Å². The molecular weight excluding hydrogens is 298 g/mol. The number of hydrogen-bond acceptors (Lipinski definition) is 4. The van der Waals surface area contributed by atoms with E-state index in [-0.39, 0.29) is 17.0 Å². The Bertz CT molecular complexity index is 768. The molecule has 5 nitrogen and oxygen atoms in total. The van der Waals surface area contributed by atoms with E-state index in [1.54, 1.807) is 28.3 Å². The predicted octanol–water partition coefficient (Wildman–Crippen LogP) is 1.93. The molecule has 3 rings (SSSR count). The van der Waals surface area contributed by atoms with Crippen molar-refractivity contribution in [2.45, 2.75) is 25.2 Å². The maximum Gasteiger partial charge on any atom is 0.267 e. The Morgan fingerprint density at radius 1 is 1.36 bits per heavy atom. The zero-order valence-corrected chi connectivity index (χ0v) is 13.4. The van der Waals surface area contributed by atoms with Crippen LogP contribution < -0.4 is 5.56 Å². The fourth-order valence-electron chi connectivity index (χ4n) is 2.41. The van der Waals surface area contributed by atoms with Crippen LogP contribution >= 0.6 is 11.8 Å². The summed E-state index contributed by atoms with van der Waals surface area (Å²) in [5, 5.41) is 0.697. The number of aryl methyl sites for hydroxylation is 1. The molecule has 22 heavy (non-hydrogen) atoms. The van der Waals surface area contributed by atoms with Crippen LogP contribution in [0.25, 0.3) is 0 Å². The van der Waals surface area contributed by atoms with Crippen LogP contribution in [0.5, 0.6) is 0 Å². The first-order valence-electron chi connectivity index (χ1n) is 7.10. The van der Waals surface area contributed by atoms with Gasteiger partial charge in [0, 0.05) is 32.1 Å². The molecule has 6 heteroatoms. The van der Waals surface area contributed by atoms with Gasteiger partial charge < -0.3 is 4.90 Å². The molecule has 0 spiro atoms. The SMILES string of the molecule is Cc1ccc(CN(C)C(=O)c2cnc3n(c2=O)CCS3)cc1. The monoisotopic (exact) mass is 315 g/mol. The molecule has 1 aromatic carbocycles.